The molecule has 2 rings (SSSR count). The standard InChI is InChI=1S/C18H24N2O3S2.C2HF3O2/c1-20(2,3)11-14(10-17(21)22)19-18(23)16-7-6-15(25-16)5-4-13-8-9-24-12-13;3-2(4,5)1(6)7/h6-9,12,14H,4-5,10-11H2,1-3H3,(H-,19,21,22,23);(H,6,7)/p+1/t14-;/m1./s1. The number of thiophene rings is 2. The molecule has 0 aliphatic carbocycles. The van der Waals surface area contributed by atoms with Gasteiger partial charge in [-0.15, -0.1) is 11.3 Å². The summed E-state index contributed by atoms with van der Waals surface area (Å²) >= 11 is 3.17. The van der Waals surface area contributed by atoms with Gasteiger partial charge >= 0.3 is 18.1 Å². The maximum atomic E-state index is 12.5. The van der Waals surface area contributed by atoms with E-state index in [9.17, 15) is 22.8 Å². The van der Waals surface area contributed by atoms with E-state index in [0.717, 1.165) is 17.7 Å². The van der Waals surface area contributed by atoms with E-state index in [1.54, 1.807) is 11.3 Å². The number of hydrogen-bond acceptors (Lipinski definition) is 5. The molecule has 0 bridgehead atoms. The fraction of sp³-hybridized carbons (Fsp3) is 0.450. The number of amides is 1. The van der Waals surface area contributed by atoms with Gasteiger partial charge < -0.3 is 20.0 Å². The van der Waals surface area contributed by atoms with Crippen molar-refractivity contribution in [2.24, 2.45) is 0 Å². The number of nitrogens with one attached hydrogen (secondary N) is 1. The van der Waals surface area contributed by atoms with Crippen LogP contribution in [-0.4, -0.2) is 72.4 Å². The summed E-state index contributed by atoms with van der Waals surface area (Å²) in [4.78, 5) is 34.2. The largest absolute Gasteiger partial charge is 0.490 e. The zero-order valence-electron chi connectivity index (χ0n) is 17.8. The van der Waals surface area contributed by atoms with Gasteiger partial charge in [0.25, 0.3) is 5.91 Å². The summed E-state index contributed by atoms with van der Waals surface area (Å²) in [6, 6.07) is 5.54. The van der Waals surface area contributed by atoms with Crippen molar-refractivity contribution in [2.75, 3.05) is 27.7 Å². The lowest BCUT2D eigenvalue weighted by Gasteiger charge is -2.29. The molecule has 0 aliphatic heterocycles. The molecule has 3 N–H and O–H groups in total. The number of halogens is 3. The van der Waals surface area contributed by atoms with E-state index >= 15 is 0 Å². The van der Waals surface area contributed by atoms with Crippen LogP contribution < -0.4 is 5.32 Å². The Morgan fingerprint density at radius 2 is 1.72 bits per heavy atom. The first-order valence-electron chi connectivity index (χ1n) is 9.40. The monoisotopic (exact) mass is 495 g/mol. The molecule has 32 heavy (non-hydrogen) atoms. The summed E-state index contributed by atoms with van der Waals surface area (Å²) in [6.07, 6.45) is -3.28. The van der Waals surface area contributed by atoms with Crippen molar-refractivity contribution in [1.29, 1.82) is 0 Å². The average Bonchev–Trinajstić information content (AvgIpc) is 3.29. The third kappa shape index (κ3) is 11.3. The van der Waals surface area contributed by atoms with Gasteiger partial charge in [-0.05, 0) is 47.4 Å². The normalized spacial score (nSPS) is 12.4. The van der Waals surface area contributed by atoms with Crippen LogP contribution in [0, 0.1) is 0 Å². The van der Waals surface area contributed by atoms with Gasteiger partial charge in [-0.2, -0.15) is 24.5 Å². The van der Waals surface area contributed by atoms with Gasteiger partial charge in [0.1, 0.15) is 0 Å². The van der Waals surface area contributed by atoms with E-state index in [4.69, 9.17) is 15.0 Å². The van der Waals surface area contributed by atoms with Crippen molar-refractivity contribution in [3.63, 3.8) is 0 Å². The highest BCUT2D eigenvalue weighted by molar-refractivity contribution is 7.14. The number of rotatable bonds is 9. The Balaban J connectivity index is 0.000000633. The smallest absolute Gasteiger partial charge is 0.481 e. The number of carbonyl (C=O) groups excluding carboxylic acids is 1. The maximum Gasteiger partial charge on any atom is 0.490 e. The second-order valence-electron chi connectivity index (χ2n) is 7.94. The number of aliphatic carboxylic acids is 2. The number of aryl methyl sites for hydroxylation is 2. The molecule has 2 aromatic heterocycles. The number of likely N-dealkylation sites (N-methyl/N-ethyl adjacent to an activating group) is 1. The first-order valence-corrected chi connectivity index (χ1v) is 11.2. The van der Waals surface area contributed by atoms with Crippen LogP contribution in [0.4, 0.5) is 13.2 Å². The van der Waals surface area contributed by atoms with Gasteiger partial charge in [0.15, 0.2) is 0 Å². The molecule has 0 aliphatic rings. The third-order valence-corrected chi connectivity index (χ3v) is 5.77. The molecule has 1 amide bonds. The SMILES string of the molecule is C[N+](C)(C)C[C@@H](CC(=O)O)NC(=O)c1ccc(CCc2ccsc2)s1.O=C(O)C(F)(F)F. The highest BCUT2D eigenvalue weighted by atomic mass is 32.1. The summed E-state index contributed by atoms with van der Waals surface area (Å²) in [5.41, 5.74) is 1.31. The predicted octanol–water partition coefficient (Wildman–Crippen LogP) is 3.51. The van der Waals surface area contributed by atoms with Crippen molar-refractivity contribution in [1.82, 2.24) is 5.32 Å². The topological polar surface area (TPSA) is 104 Å². The Labute approximate surface area is 191 Å². The molecule has 0 aromatic carbocycles. The zero-order valence-corrected chi connectivity index (χ0v) is 19.4. The number of carboxylic acid groups (broad SMARTS) is 2. The lowest BCUT2D eigenvalue weighted by molar-refractivity contribution is -0.871. The molecule has 0 fully saturated rings. The molecule has 7 nitrogen and oxygen atoms in total. The van der Waals surface area contributed by atoms with E-state index in [2.05, 4.69) is 22.1 Å². The maximum absolute atomic E-state index is 12.5. The molecular weight excluding hydrogens is 469 g/mol. The van der Waals surface area contributed by atoms with Crippen molar-refractivity contribution < 1.29 is 42.3 Å². The van der Waals surface area contributed by atoms with Gasteiger partial charge in [-0.1, -0.05) is 0 Å². The van der Waals surface area contributed by atoms with Crippen molar-refractivity contribution in [3.8, 4) is 0 Å². The van der Waals surface area contributed by atoms with E-state index in [1.165, 1.54) is 16.9 Å². The van der Waals surface area contributed by atoms with Crippen molar-refractivity contribution >= 4 is 40.5 Å². The molecule has 178 valence electrons. The summed E-state index contributed by atoms with van der Waals surface area (Å²) in [5.74, 6) is -3.85. The second-order valence-corrected chi connectivity index (χ2v) is 9.89. The van der Waals surface area contributed by atoms with E-state index in [1.807, 2.05) is 33.3 Å². The van der Waals surface area contributed by atoms with Gasteiger partial charge in [-0.25, -0.2) is 4.79 Å². The van der Waals surface area contributed by atoms with Gasteiger partial charge in [-0.3, -0.25) is 9.59 Å². The van der Waals surface area contributed by atoms with E-state index in [0.29, 0.717) is 15.9 Å². The van der Waals surface area contributed by atoms with Crippen LogP contribution in [0.5, 0.6) is 0 Å². The van der Waals surface area contributed by atoms with Gasteiger partial charge in [0, 0.05) is 4.88 Å². The average molecular weight is 496 g/mol. The van der Waals surface area contributed by atoms with Crippen LogP contribution in [0.3, 0.4) is 0 Å². The van der Waals surface area contributed by atoms with Crippen LogP contribution >= 0.6 is 22.7 Å². The molecule has 1 atom stereocenters. The predicted molar refractivity (Wildman–Crippen MR) is 116 cm³/mol. The van der Waals surface area contributed by atoms with Gasteiger partial charge in [0.2, 0.25) is 0 Å². The quantitative estimate of drug-likeness (QED) is 0.462. The highest BCUT2D eigenvalue weighted by Crippen LogP contribution is 2.20. The fourth-order valence-electron chi connectivity index (χ4n) is 2.63. The summed E-state index contributed by atoms with van der Waals surface area (Å²) < 4.78 is 32.3. The van der Waals surface area contributed by atoms with Gasteiger partial charge in [0.05, 0.1) is 45.0 Å². The van der Waals surface area contributed by atoms with Crippen LogP contribution in [0.25, 0.3) is 0 Å². The lowest BCUT2D eigenvalue weighted by Crippen LogP contribution is -2.49. The summed E-state index contributed by atoms with van der Waals surface area (Å²) in [7, 11) is 5.94. The molecule has 0 radical (unpaired) electrons. The zero-order chi connectivity index (χ0) is 24.5. The number of hydrogen-bond donors (Lipinski definition) is 3. The molecular formula is C20H26F3N2O5S2+. The molecule has 0 unspecified atom stereocenters. The molecule has 0 spiro atoms. The highest BCUT2D eigenvalue weighted by Gasteiger charge is 2.38. The Bertz CT molecular complexity index is 890. The Morgan fingerprint density at radius 1 is 1.09 bits per heavy atom. The van der Waals surface area contributed by atoms with E-state index < -0.39 is 18.1 Å². The van der Waals surface area contributed by atoms with Crippen molar-refractivity contribution in [2.45, 2.75) is 31.5 Å². The molecule has 12 heteroatoms. The lowest BCUT2D eigenvalue weighted by atomic mass is 10.1. The minimum absolute atomic E-state index is 0.0718. The summed E-state index contributed by atoms with van der Waals surface area (Å²) in [5, 5.41) is 23.3. The Kier molecular flexibility index (Phi) is 10.3. The molecule has 2 heterocycles. The van der Waals surface area contributed by atoms with Crippen LogP contribution in [0.1, 0.15) is 26.5 Å². The van der Waals surface area contributed by atoms with Crippen LogP contribution in [0.2, 0.25) is 0 Å². The molecule has 0 saturated heterocycles. The number of nitrogens with zero attached hydrogens (tertiary/aromatic N) is 1. The van der Waals surface area contributed by atoms with Crippen LogP contribution in [-0.2, 0) is 22.4 Å². The third-order valence-electron chi connectivity index (χ3n) is 3.89. The van der Waals surface area contributed by atoms with Crippen molar-refractivity contribution in [3.05, 3.63) is 44.3 Å². The van der Waals surface area contributed by atoms with Crippen LogP contribution in [0.15, 0.2) is 29.0 Å². The number of quaternary nitrogens is 1. The first-order chi connectivity index (χ1) is 14.7. The summed E-state index contributed by atoms with van der Waals surface area (Å²) in [6.45, 7) is 0.564. The molecule has 0 saturated carbocycles. The number of alkyl halides is 3. The Hall–Kier alpha value is -2.44. The first kappa shape index (κ1) is 27.6. The molecule has 2 aromatic rings. The number of carbonyl (C=O) groups is 3. The number of carboxylic acids is 2. The minimum atomic E-state index is -5.08. The van der Waals surface area contributed by atoms with E-state index in [-0.39, 0.29) is 18.4 Å². The second kappa shape index (κ2) is 12.0. The fourth-order valence-corrected chi connectivity index (χ4v) is 4.24. The minimum Gasteiger partial charge on any atom is -0.481 e. The Morgan fingerprint density at radius 3 is 2.19 bits per heavy atom.